The summed E-state index contributed by atoms with van der Waals surface area (Å²) in [5.41, 5.74) is 0.0655. The van der Waals surface area contributed by atoms with E-state index in [-0.39, 0.29) is 0 Å². The van der Waals surface area contributed by atoms with E-state index in [1.807, 2.05) is 20.8 Å². The number of rotatable bonds is 0. The molecule has 5 heteroatoms. The predicted octanol–water partition coefficient (Wildman–Crippen LogP) is 2.08. The highest BCUT2D eigenvalue weighted by Gasteiger charge is 2.24. The molecule has 0 unspecified atom stereocenters. The van der Waals surface area contributed by atoms with Gasteiger partial charge in [0.25, 0.3) is 0 Å². The van der Waals surface area contributed by atoms with Crippen LogP contribution < -0.4 is 5.69 Å². The number of aromatic nitrogens is 2. The maximum absolute atomic E-state index is 12.1. The highest BCUT2D eigenvalue weighted by Crippen LogP contribution is 2.20. The number of carbonyl (C=O) groups is 1. The second-order valence-electron chi connectivity index (χ2n) is 4.90. The van der Waals surface area contributed by atoms with Gasteiger partial charge in [0.2, 0.25) is 0 Å². The Morgan fingerprint density at radius 1 is 1.18 bits per heavy atom. The topological polar surface area (TPSA) is 64.2 Å². The largest absolute Gasteiger partial charge is 0.464 e. The van der Waals surface area contributed by atoms with Crippen molar-refractivity contribution in [1.29, 1.82) is 0 Å². The summed E-state index contributed by atoms with van der Waals surface area (Å²) in [6.07, 6.45) is -1.26. The highest BCUT2D eigenvalue weighted by atomic mass is 16.4. The van der Waals surface area contributed by atoms with Crippen molar-refractivity contribution in [3.8, 4) is 0 Å². The molecule has 1 N–H and O–H groups in total. The van der Waals surface area contributed by atoms with Gasteiger partial charge in [-0.05, 0) is 32.9 Å². The van der Waals surface area contributed by atoms with Crippen molar-refractivity contribution < 1.29 is 9.90 Å². The average molecular weight is 234 g/mol. The number of hydrogen-bond acceptors (Lipinski definition) is 2. The molecule has 5 nitrogen and oxygen atoms in total. The number of imidazole rings is 1. The van der Waals surface area contributed by atoms with E-state index in [1.165, 1.54) is 4.57 Å². The van der Waals surface area contributed by atoms with Crippen molar-refractivity contribution in [3.63, 3.8) is 0 Å². The molecular formula is C12H14N2O3. The average Bonchev–Trinajstić information content (AvgIpc) is 2.48. The smallest absolute Gasteiger partial charge is 0.420 e. The van der Waals surface area contributed by atoms with E-state index >= 15 is 0 Å². The van der Waals surface area contributed by atoms with E-state index in [9.17, 15) is 9.59 Å². The third-order valence-electron chi connectivity index (χ3n) is 2.61. The van der Waals surface area contributed by atoms with E-state index in [1.54, 1.807) is 24.3 Å². The number of para-hydroxylation sites is 2. The normalized spacial score (nSPS) is 11.9. The first-order valence-electron chi connectivity index (χ1n) is 5.30. The van der Waals surface area contributed by atoms with Crippen LogP contribution in [0.4, 0.5) is 4.79 Å². The molecule has 0 aliphatic rings. The van der Waals surface area contributed by atoms with Gasteiger partial charge in [-0.25, -0.2) is 9.59 Å². The quantitative estimate of drug-likeness (QED) is 0.759. The van der Waals surface area contributed by atoms with Crippen LogP contribution in [0.25, 0.3) is 11.0 Å². The van der Waals surface area contributed by atoms with E-state index in [2.05, 4.69) is 0 Å². The molecule has 0 aliphatic heterocycles. The molecule has 1 heterocycles. The Morgan fingerprint density at radius 2 is 1.71 bits per heavy atom. The Kier molecular flexibility index (Phi) is 2.34. The fourth-order valence-electron chi connectivity index (χ4n) is 1.98. The molecule has 1 aromatic carbocycles. The van der Waals surface area contributed by atoms with Gasteiger partial charge in [0, 0.05) is 5.54 Å². The SMILES string of the molecule is CC(C)(C)n1c(=O)n(C(=O)O)c2ccccc21. The monoisotopic (exact) mass is 234 g/mol. The molecule has 0 fully saturated rings. The lowest BCUT2D eigenvalue weighted by atomic mass is 10.1. The van der Waals surface area contributed by atoms with Gasteiger partial charge in [-0.1, -0.05) is 12.1 Å². The van der Waals surface area contributed by atoms with Gasteiger partial charge in [0.1, 0.15) is 0 Å². The van der Waals surface area contributed by atoms with Crippen molar-refractivity contribution in [2.45, 2.75) is 26.3 Å². The number of hydrogen-bond donors (Lipinski definition) is 1. The molecule has 2 aromatic rings. The van der Waals surface area contributed by atoms with Gasteiger partial charge < -0.3 is 5.11 Å². The summed E-state index contributed by atoms with van der Waals surface area (Å²) in [4.78, 5) is 23.2. The first-order chi connectivity index (χ1) is 7.84. The summed E-state index contributed by atoms with van der Waals surface area (Å²) < 4.78 is 2.27. The predicted molar refractivity (Wildman–Crippen MR) is 64.6 cm³/mol. The van der Waals surface area contributed by atoms with Gasteiger partial charge in [-0.15, -0.1) is 0 Å². The van der Waals surface area contributed by atoms with Crippen molar-refractivity contribution in [2.24, 2.45) is 0 Å². The Balaban J connectivity index is 3.00. The second-order valence-corrected chi connectivity index (χ2v) is 4.90. The summed E-state index contributed by atoms with van der Waals surface area (Å²) in [5.74, 6) is 0. The molecule has 0 saturated heterocycles. The third-order valence-corrected chi connectivity index (χ3v) is 2.61. The molecule has 1 aromatic heterocycles. The maximum atomic E-state index is 12.1. The molecule has 2 rings (SSSR count). The van der Waals surface area contributed by atoms with Crippen molar-refractivity contribution in [1.82, 2.24) is 9.13 Å². The molecule has 0 bridgehead atoms. The first-order valence-corrected chi connectivity index (χ1v) is 5.30. The van der Waals surface area contributed by atoms with Gasteiger partial charge in [-0.3, -0.25) is 4.57 Å². The number of fused-ring (bicyclic) bond motifs is 1. The second kappa shape index (κ2) is 3.48. The van der Waals surface area contributed by atoms with Crippen LogP contribution in [0, 0.1) is 0 Å². The highest BCUT2D eigenvalue weighted by molar-refractivity contribution is 5.86. The lowest BCUT2D eigenvalue weighted by Crippen LogP contribution is -2.36. The Labute approximate surface area is 97.9 Å². The summed E-state index contributed by atoms with van der Waals surface area (Å²) >= 11 is 0. The van der Waals surface area contributed by atoms with Gasteiger partial charge >= 0.3 is 11.8 Å². The van der Waals surface area contributed by atoms with Gasteiger partial charge in [0.05, 0.1) is 11.0 Å². The lowest BCUT2D eigenvalue weighted by Gasteiger charge is -2.20. The van der Waals surface area contributed by atoms with E-state index in [0.29, 0.717) is 11.0 Å². The van der Waals surface area contributed by atoms with Gasteiger partial charge in [0.15, 0.2) is 0 Å². The van der Waals surface area contributed by atoms with Crippen LogP contribution in [0.15, 0.2) is 29.1 Å². The summed E-state index contributed by atoms with van der Waals surface area (Å²) in [6.45, 7) is 5.60. The molecule has 0 amide bonds. The van der Waals surface area contributed by atoms with Crippen LogP contribution in [-0.4, -0.2) is 20.3 Å². The molecule has 0 aliphatic carbocycles. The van der Waals surface area contributed by atoms with Gasteiger partial charge in [-0.2, -0.15) is 4.57 Å². The fourth-order valence-corrected chi connectivity index (χ4v) is 1.98. The number of benzene rings is 1. The minimum atomic E-state index is -1.26. The third kappa shape index (κ3) is 1.63. The van der Waals surface area contributed by atoms with E-state index in [0.717, 1.165) is 4.57 Å². The summed E-state index contributed by atoms with van der Waals surface area (Å²) in [7, 11) is 0. The molecule has 0 atom stereocenters. The Morgan fingerprint density at radius 3 is 2.18 bits per heavy atom. The zero-order valence-electron chi connectivity index (χ0n) is 9.97. The fraction of sp³-hybridized carbons (Fsp3) is 0.333. The zero-order valence-corrected chi connectivity index (χ0v) is 9.97. The summed E-state index contributed by atoms with van der Waals surface area (Å²) in [6, 6.07) is 6.89. The molecular weight excluding hydrogens is 220 g/mol. The van der Waals surface area contributed by atoms with E-state index < -0.39 is 17.3 Å². The summed E-state index contributed by atoms with van der Waals surface area (Å²) in [5, 5.41) is 9.09. The van der Waals surface area contributed by atoms with Crippen LogP contribution >= 0.6 is 0 Å². The van der Waals surface area contributed by atoms with E-state index in [4.69, 9.17) is 5.11 Å². The Hall–Kier alpha value is -2.04. The molecule has 0 saturated carbocycles. The van der Waals surface area contributed by atoms with Crippen LogP contribution in [0.5, 0.6) is 0 Å². The lowest BCUT2D eigenvalue weighted by molar-refractivity contribution is 0.195. The van der Waals surface area contributed by atoms with Crippen LogP contribution in [0.2, 0.25) is 0 Å². The maximum Gasteiger partial charge on any atom is 0.420 e. The first kappa shape index (κ1) is 11.4. The van der Waals surface area contributed by atoms with Crippen LogP contribution in [-0.2, 0) is 5.54 Å². The molecule has 0 spiro atoms. The van der Waals surface area contributed by atoms with Crippen molar-refractivity contribution >= 4 is 17.1 Å². The zero-order chi connectivity index (χ0) is 12.8. The molecule has 0 radical (unpaired) electrons. The standard InChI is InChI=1S/C12H14N2O3/c1-12(2,3)14-9-7-5-4-6-8(9)13(10(14)15)11(16)17/h4-7H,1-3H3,(H,16,17). The van der Waals surface area contributed by atoms with Crippen LogP contribution in [0.1, 0.15) is 20.8 Å². The minimum Gasteiger partial charge on any atom is -0.464 e. The van der Waals surface area contributed by atoms with Crippen molar-refractivity contribution in [3.05, 3.63) is 34.7 Å². The molecule has 17 heavy (non-hydrogen) atoms. The van der Waals surface area contributed by atoms with Crippen molar-refractivity contribution in [2.75, 3.05) is 0 Å². The minimum absolute atomic E-state index is 0.417. The Bertz CT molecular complexity index is 644. The molecule has 90 valence electrons. The number of carboxylic acid groups (broad SMARTS) is 1. The number of nitrogens with zero attached hydrogens (tertiary/aromatic N) is 2. The van der Waals surface area contributed by atoms with Crippen LogP contribution in [0.3, 0.4) is 0 Å².